The predicted molar refractivity (Wildman–Crippen MR) is 69.2 cm³/mol. The zero-order valence-electron chi connectivity index (χ0n) is 10.6. The largest absolute Gasteiger partial charge is 0.375 e. The van der Waals surface area contributed by atoms with Gasteiger partial charge >= 0.3 is 0 Å². The first-order valence-electron chi connectivity index (χ1n) is 5.90. The Kier molecular flexibility index (Phi) is 5.03. The highest BCUT2D eigenvalue weighted by atomic mass is 19.1. The highest BCUT2D eigenvalue weighted by molar-refractivity contribution is 5.63. The lowest BCUT2D eigenvalue weighted by atomic mass is 10.1. The number of halogens is 1. The van der Waals surface area contributed by atoms with E-state index in [1.165, 1.54) is 6.07 Å². The van der Waals surface area contributed by atoms with Gasteiger partial charge in [-0.2, -0.15) is 0 Å². The van der Waals surface area contributed by atoms with Crippen molar-refractivity contribution in [2.45, 2.75) is 32.7 Å². The van der Waals surface area contributed by atoms with E-state index in [1.54, 1.807) is 6.92 Å². The summed E-state index contributed by atoms with van der Waals surface area (Å²) in [7, 11) is 0. The minimum Gasteiger partial charge on any atom is -0.375 e. The lowest BCUT2D eigenvalue weighted by molar-refractivity contribution is -0.384. The number of nitrogens with one attached hydrogen (secondary N) is 1. The second kappa shape index (κ2) is 6.30. The van der Waals surface area contributed by atoms with Gasteiger partial charge in [0, 0.05) is 12.6 Å². The second-order valence-corrected chi connectivity index (χ2v) is 4.24. The molecule has 100 valence electrons. The average Bonchev–Trinajstić information content (AvgIpc) is 2.32. The smallest absolute Gasteiger partial charge is 0.295 e. The molecule has 0 fully saturated rings. The van der Waals surface area contributed by atoms with E-state index in [-0.39, 0.29) is 11.7 Å². The number of benzene rings is 1. The van der Waals surface area contributed by atoms with Crippen LogP contribution in [0.25, 0.3) is 0 Å². The normalized spacial score (nSPS) is 12.2. The van der Waals surface area contributed by atoms with Crippen LogP contribution < -0.4 is 11.1 Å². The first-order chi connectivity index (χ1) is 8.49. The molecule has 0 saturated heterocycles. The van der Waals surface area contributed by atoms with Crippen LogP contribution in [0.3, 0.4) is 0 Å². The molecule has 0 aromatic heterocycles. The summed E-state index contributed by atoms with van der Waals surface area (Å²) in [5, 5.41) is 13.9. The molecule has 0 spiro atoms. The first-order valence-corrected chi connectivity index (χ1v) is 5.90. The van der Waals surface area contributed by atoms with Crippen LogP contribution in [0.4, 0.5) is 15.8 Å². The number of hydrogen-bond acceptors (Lipinski definition) is 4. The summed E-state index contributed by atoms with van der Waals surface area (Å²) >= 11 is 0. The summed E-state index contributed by atoms with van der Waals surface area (Å²) in [5.74, 6) is -0.577. The summed E-state index contributed by atoms with van der Waals surface area (Å²) in [6, 6.07) is 2.35. The molecule has 5 nitrogen and oxygen atoms in total. The number of nitrogens with zero attached hydrogens (tertiary/aromatic N) is 1. The fourth-order valence-corrected chi connectivity index (χ4v) is 1.75. The maximum absolute atomic E-state index is 13.3. The summed E-state index contributed by atoms with van der Waals surface area (Å²) in [6.45, 7) is 3.96. The van der Waals surface area contributed by atoms with Crippen molar-refractivity contribution in [1.82, 2.24) is 0 Å². The number of aryl methyl sites for hydroxylation is 1. The third-order valence-corrected chi connectivity index (χ3v) is 2.75. The number of hydrogen-bond donors (Lipinski definition) is 2. The molecule has 6 heteroatoms. The quantitative estimate of drug-likeness (QED) is 0.604. The van der Waals surface area contributed by atoms with Gasteiger partial charge in [0.1, 0.15) is 11.5 Å². The van der Waals surface area contributed by atoms with Crippen molar-refractivity contribution >= 4 is 11.4 Å². The van der Waals surface area contributed by atoms with Crippen LogP contribution in [0.5, 0.6) is 0 Å². The van der Waals surface area contributed by atoms with Crippen molar-refractivity contribution in [3.05, 3.63) is 33.6 Å². The third-order valence-electron chi connectivity index (χ3n) is 2.75. The number of nitro groups is 1. The van der Waals surface area contributed by atoms with Gasteiger partial charge < -0.3 is 11.1 Å². The Morgan fingerprint density at radius 3 is 2.72 bits per heavy atom. The molecule has 1 atom stereocenters. The van der Waals surface area contributed by atoms with Crippen molar-refractivity contribution in [3.8, 4) is 0 Å². The molecule has 1 aromatic rings. The van der Waals surface area contributed by atoms with Gasteiger partial charge in [0.05, 0.1) is 11.0 Å². The van der Waals surface area contributed by atoms with E-state index in [4.69, 9.17) is 5.73 Å². The molecule has 18 heavy (non-hydrogen) atoms. The minimum atomic E-state index is -0.593. The molecule has 0 saturated carbocycles. The molecule has 0 heterocycles. The summed E-state index contributed by atoms with van der Waals surface area (Å²) in [6.07, 6.45) is 1.73. The molecule has 0 bridgehead atoms. The van der Waals surface area contributed by atoms with Crippen LogP contribution in [-0.2, 0) is 0 Å². The number of nitrogens with two attached hydrogens (primary N) is 1. The van der Waals surface area contributed by atoms with E-state index in [9.17, 15) is 14.5 Å². The highest BCUT2D eigenvalue weighted by Gasteiger charge is 2.19. The average molecular weight is 255 g/mol. The van der Waals surface area contributed by atoms with Gasteiger partial charge in [0.2, 0.25) is 0 Å². The van der Waals surface area contributed by atoms with Gasteiger partial charge in [-0.3, -0.25) is 10.1 Å². The van der Waals surface area contributed by atoms with Crippen molar-refractivity contribution < 1.29 is 9.31 Å². The van der Waals surface area contributed by atoms with Gasteiger partial charge in [-0.1, -0.05) is 13.3 Å². The van der Waals surface area contributed by atoms with Crippen LogP contribution in [0, 0.1) is 22.9 Å². The molecule has 1 unspecified atom stereocenters. The number of rotatable bonds is 6. The summed E-state index contributed by atoms with van der Waals surface area (Å²) in [4.78, 5) is 10.3. The first kappa shape index (κ1) is 14.4. The zero-order valence-corrected chi connectivity index (χ0v) is 10.6. The molecule has 0 radical (unpaired) electrons. The van der Waals surface area contributed by atoms with E-state index in [2.05, 4.69) is 5.32 Å². The van der Waals surface area contributed by atoms with Gasteiger partial charge in [0.25, 0.3) is 5.69 Å². The standard InChI is InChI=1S/C12H18FN3O2/c1-3-4-9(7-14)15-11-5-8(2)10(13)6-12(11)16(17)18/h5-6,9,15H,3-4,7,14H2,1-2H3. The molecule has 1 rings (SSSR count). The van der Waals surface area contributed by atoms with Crippen LogP contribution in [0.2, 0.25) is 0 Å². The Morgan fingerprint density at radius 2 is 2.22 bits per heavy atom. The molecule has 3 N–H and O–H groups in total. The van der Waals surface area contributed by atoms with E-state index in [0.717, 1.165) is 18.9 Å². The maximum Gasteiger partial charge on any atom is 0.295 e. The molecule has 0 aliphatic rings. The minimum absolute atomic E-state index is 0.0430. The van der Waals surface area contributed by atoms with Crippen molar-refractivity contribution in [1.29, 1.82) is 0 Å². The van der Waals surface area contributed by atoms with Crippen molar-refractivity contribution in [2.75, 3.05) is 11.9 Å². The maximum atomic E-state index is 13.3. The van der Waals surface area contributed by atoms with Gasteiger partial charge in [-0.15, -0.1) is 0 Å². The van der Waals surface area contributed by atoms with Crippen molar-refractivity contribution in [3.63, 3.8) is 0 Å². The Balaban J connectivity index is 3.06. The number of anilines is 1. The Morgan fingerprint density at radius 1 is 1.56 bits per heavy atom. The van der Waals surface area contributed by atoms with E-state index >= 15 is 0 Å². The van der Waals surface area contributed by atoms with E-state index in [1.807, 2.05) is 6.92 Å². The van der Waals surface area contributed by atoms with E-state index in [0.29, 0.717) is 17.8 Å². The lowest BCUT2D eigenvalue weighted by Gasteiger charge is -2.17. The number of nitro benzene ring substituents is 1. The molecule has 0 amide bonds. The lowest BCUT2D eigenvalue weighted by Crippen LogP contribution is -2.29. The van der Waals surface area contributed by atoms with Crippen LogP contribution in [-0.4, -0.2) is 17.5 Å². The molecule has 0 aliphatic heterocycles. The fraction of sp³-hybridized carbons (Fsp3) is 0.500. The third kappa shape index (κ3) is 3.40. The Labute approximate surface area is 105 Å². The van der Waals surface area contributed by atoms with Gasteiger partial charge in [0.15, 0.2) is 0 Å². The van der Waals surface area contributed by atoms with Crippen LogP contribution >= 0.6 is 0 Å². The molecular formula is C12H18FN3O2. The zero-order chi connectivity index (χ0) is 13.7. The molecular weight excluding hydrogens is 237 g/mol. The summed E-state index contributed by atoms with van der Waals surface area (Å²) < 4.78 is 13.3. The van der Waals surface area contributed by atoms with Crippen molar-refractivity contribution in [2.24, 2.45) is 5.73 Å². The van der Waals surface area contributed by atoms with E-state index < -0.39 is 10.7 Å². The van der Waals surface area contributed by atoms with Crippen LogP contribution in [0.15, 0.2) is 12.1 Å². The Bertz CT molecular complexity index is 438. The predicted octanol–water partition coefficient (Wildman–Crippen LogP) is 2.58. The highest BCUT2D eigenvalue weighted by Crippen LogP contribution is 2.28. The Hall–Kier alpha value is -1.69. The topological polar surface area (TPSA) is 81.2 Å². The van der Waals surface area contributed by atoms with Gasteiger partial charge in [-0.25, -0.2) is 4.39 Å². The fourth-order valence-electron chi connectivity index (χ4n) is 1.75. The monoisotopic (exact) mass is 255 g/mol. The van der Waals surface area contributed by atoms with Gasteiger partial charge in [-0.05, 0) is 25.0 Å². The molecule has 1 aromatic carbocycles. The molecule has 0 aliphatic carbocycles. The summed E-state index contributed by atoms with van der Waals surface area (Å²) in [5.41, 5.74) is 6.03. The van der Waals surface area contributed by atoms with Crippen LogP contribution in [0.1, 0.15) is 25.3 Å². The SMILES string of the molecule is CCCC(CN)Nc1cc(C)c(F)cc1[N+](=O)[O-]. The second-order valence-electron chi connectivity index (χ2n) is 4.24.